The summed E-state index contributed by atoms with van der Waals surface area (Å²) in [5.41, 5.74) is 1.10. The number of hydrogen-bond donors (Lipinski definition) is 0. The third-order valence-corrected chi connectivity index (χ3v) is 3.66. The minimum Gasteiger partial charge on any atom is -0.450 e. The van der Waals surface area contributed by atoms with Crippen LogP contribution in [0.4, 0.5) is 4.79 Å². The van der Waals surface area contributed by atoms with Gasteiger partial charge in [0.1, 0.15) is 0 Å². The lowest BCUT2D eigenvalue weighted by atomic mass is 10.2. The van der Waals surface area contributed by atoms with Crippen molar-refractivity contribution in [2.24, 2.45) is 0 Å². The van der Waals surface area contributed by atoms with Gasteiger partial charge in [-0.3, -0.25) is 4.90 Å². The van der Waals surface area contributed by atoms with Crippen LogP contribution in [0.2, 0.25) is 5.02 Å². The van der Waals surface area contributed by atoms with E-state index in [1.807, 2.05) is 31.2 Å². The maximum atomic E-state index is 11.6. The van der Waals surface area contributed by atoms with E-state index >= 15 is 0 Å². The van der Waals surface area contributed by atoms with Crippen LogP contribution < -0.4 is 0 Å². The Morgan fingerprint density at radius 2 is 2.10 bits per heavy atom. The van der Waals surface area contributed by atoms with Crippen LogP contribution in [0.15, 0.2) is 30.3 Å². The molecule has 1 aliphatic heterocycles. The monoisotopic (exact) mass is 308 g/mol. The Morgan fingerprint density at radius 1 is 1.33 bits per heavy atom. The molecule has 114 valence electrons. The van der Waals surface area contributed by atoms with Gasteiger partial charge in [-0.1, -0.05) is 35.9 Å². The molecule has 4 nitrogen and oxygen atoms in total. The number of ether oxygens (including phenoxy) is 1. The Kier molecular flexibility index (Phi) is 6.08. The number of carbonyl (C=O) groups is 1. The van der Waals surface area contributed by atoms with Gasteiger partial charge in [-0.2, -0.15) is 0 Å². The molecule has 0 aliphatic carbocycles. The van der Waals surface area contributed by atoms with Crippen molar-refractivity contribution in [2.75, 3.05) is 39.3 Å². The Balaban J connectivity index is 1.75. The van der Waals surface area contributed by atoms with Crippen LogP contribution in [0.1, 0.15) is 12.5 Å². The maximum Gasteiger partial charge on any atom is 0.409 e. The zero-order valence-electron chi connectivity index (χ0n) is 12.3. The molecule has 1 saturated heterocycles. The van der Waals surface area contributed by atoms with Crippen LogP contribution >= 0.6 is 11.6 Å². The lowest BCUT2D eigenvalue weighted by Crippen LogP contribution is -2.48. The summed E-state index contributed by atoms with van der Waals surface area (Å²) in [7, 11) is 0. The summed E-state index contributed by atoms with van der Waals surface area (Å²) in [5.74, 6) is 0. The molecule has 0 bridgehead atoms. The molecule has 0 aromatic heterocycles. The normalized spacial score (nSPS) is 16.4. The highest BCUT2D eigenvalue weighted by atomic mass is 35.5. The average molecular weight is 309 g/mol. The molecule has 0 atom stereocenters. The van der Waals surface area contributed by atoms with Crippen molar-refractivity contribution >= 4 is 23.8 Å². The number of hydrogen-bond acceptors (Lipinski definition) is 3. The first kappa shape index (κ1) is 15.9. The number of amides is 1. The number of rotatable bonds is 4. The number of carbonyl (C=O) groups excluding carboxylic acids is 1. The molecule has 0 saturated carbocycles. The van der Waals surface area contributed by atoms with E-state index in [9.17, 15) is 4.79 Å². The second-order valence-electron chi connectivity index (χ2n) is 4.94. The highest BCUT2D eigenvalue weighted by molar-refractivity contribution is 6.30. The summed E-state index contributed by atoms with van der Waals surface area (Å²) in [4.78, 5) is 15.7. The number of benzene rings is 1. The Labute approximate surface area is 130 Å². The lowest BCUT2D eigenvalue weighted by molar-refractivity contribution is 0.0825. The molecule has 1 heterocycles. The van der Waals surface area contributed by atoms with Crippen molar-refractivity contribution in [1.82, 2.24) is 9.80 Å². The molecule has 2 rings (SSSR count). The molecule has 0 radical (unpaired) electrons. The first-order valence-corrected chi connectivity index (χ1v) is 7.63. The van der Waals surface area contributed by atoms with Crippen LogP contribution in [0.5, 0.6) is 0 Å². The summed E-state index contributed by atoms with van der Waals surface area (Å²) in [6.07, 6.45) is 4.00. The third kappa shape index (κ3) is 5.06. The molecule has 1 fully saturated rings. The van der Waals surface area contributed by atoms with Crippen molar-refractivity contribution in [1.29, 1.82) is 0 Å². The molecule has 0 unspecified atom stereocenters. The van der Waals surface area contributed by atoms with Gasteiger partial charge in [0.15, 0.2) is 0 Å². The Hall–Kier alpha value is -1.52. The zero-order valence-corrected chi connectivity index (χ0v) is 13.1. The Morgan fingerprint density at radius 3 is 2.76 bits per heavy atom. The lowest BCUT2D eigenvalue weighted by Gasteiger charge is -2.33. The van der Waals surface area contributed by atoms with E-state index in [1.165, 1.54) is 0 Å². The second-order valence-corrected chi connectivity index (χ2v) is 5.38. The van der Waals surface area contributed by atoms with Crippen LogP contribution in [-0.4, -0.2) is 55.2 Å². The average Bonchev–Trinajstić information content (AvgIpc) is 2.48. The smallest absolute Gasteiger partial charge is 0.409 e. The standard InChI is InChI=1S/C16H21ClN2O2/c1-2-21-16(20)19-11-9-18(10-12-19)8-4-6-14-5-3-7-15(17)13-14/h3-7,13H,2,8-12H2,1H3. The minimum absolute atomic E-state index is 0.202. The first-order valence-electron chi connectivity index (χ1n) is 7.25. The van der Waals surface area contributed by atoms with Gasteiger partial charge in [0.25, 0.3) is 0 Å². The van der Waals surface area contributed by atoms with Crippen LogP contribution in [-0.2, 0) is 4.74 Å². The van der Waals surface area contributed by atoms with Crippen LogP contribution in [0.3, 0.4) is 0 Å². The fourth-order valence-corrected chi connectivity index (χ4v) is 2.47. The van der Waals surface area contributed by atoms with Gasteiger partial charge in [0.05, 0.1) is 6.61 Å². The first-order chi connectivity index (χ1) is 10.2. The largest absolute Gasteiger partial charge is 0.450 e. The quantitative estimate of drug-likeness (QED) is 0.856. The van der Waals surface area contributed by atoms with Gasteiger partial charge in [-0.25, -0.2) is 4.79 Å². The molecule has 1 aromatic rings. The number of nitrogens with zero attached hydrogens (tertiary/aromatic N) is 2. The van der Waals surface area contributed by atoms with E-state index in [1.54, 1.807) is 4.90 Å². The summed E-state index contributed by atoms with van der Waals surface area (Å²) >= 11 is 5.95. The Bertz CT molecular complexity index is 497. The summed E-state index contributed by atoms with van der Waals surface area (Å²) < 4.78 is 5.01. The van der Waals surface area contributed by atoms with E-state index in [-0.39, 0.29) is 6.09 Å². The highest BCUT2D eigenvalue weighted by Gasteiger charge is 2.20. The SMILES string of the molecule is CCOC(=O)N1CCN(CC=Cc2cccc(Cl)c2)CC1. The number of halogens is 1. The van der Waals surface area contributed by atoms with E-state index in [4.69, 9.17) is 16.3 Å². The van der Waals surface area contributed by atoms with Crippen molar-refractivity contribution in [2.45, 2.75) is 6.92 Å². The molecule has 1 amide bonds. The molecule has 0 spiro atoms. The molecule has 1 aromatic carbocycles. The summed E-state index contributed by atoms with van der Waals surface area (Å²) in [6.45, 7) is 6.34. The molecule has 0 N–H and O–H groups in total. The van der Waals surface area contributed by atoms with Crippen molar-refractivity contribution < 1.29 is 9.53 Å². The fourth-order valence-electron chi connectivity index (χ4n) is 2.28. The minimum atomic E-state index is -0.202. The molecule has 21 heavy (non-hydrogen) atoms. The van der Waals surface area contributed by atoms with Gasteiger partial charge < -0.3 is 9.64 Å². The molecular formula is C16H21ClN2O2. The second kappa shape index (κ2) is 8.05. The topological polar surface area (TPSA) is 32.8 Å². The molecule has 5 heteroatoms. The van der Waals surface area contributed by atoms with Gasteiger partial charge in [-0.05, 0) is 24.6 Å². The summed E-state index contributed by atoms with van der Waals surface area (Å²) in [5, 5.41) is 0.750. The van der Waals surface area contributed by atoms with E-state index in [2.05, 4.69) is 17.1 Å². The van der Waals surface area contributed by atoms with Crippen molar-refractivity contribution in [3.8, 4) is 0 Å². The van der Waals surface area contributed by atoms with Crippen molar-refractivity contribution in [3.63, 3.8) is 0 Å². The van der Waals surface area contributed by atoms with Crippen LogP contribution in [0.25, 0.3) is 6.08 Å². The van der Waals surface area contributed by atoms with Gasteiger partial charge in [0, 0.05) is 37.7 Å². The fraction of sp³-hybridized carbons (Fsp3) is 0.438. The summed E-state index contributed by atoms with van der Waals surface area (Å²) in [6, 6.07) is 7.78. The predicted molar refractivity (Wildman–Crippen MR) is 85.5 cm³/mol. The highest BCUT2D eigenvalue weighted by Crippen LogP contribution is 2.12. The van der Waals surface area contributed by atoms with Gasteiger partial charge in [0.2, 0.25) is 0 Å². The third-order valence-electron chi connectivity index (χ3n) is 3.42. The predicted octanol–water partition coefficient (Wildman–Crippen LogP) is 3.13. The molecule has 1 aliphatic rings. The molecular weight excluding hydrogens is 288 g/mol. The van der Waals surface area contributed by atoms with Crippen molar-refractivity contribution in [3.05, 3.63) is 40.9 Å². The maximum absolute atomic E-state index is 11.6. The van der Waals surface area contributed by atoms with Gasteiger partial charge in [-0.15, -0.1) is 0 Å². The number of piperazine rings is 1. The van der Waals surface area contributed by atoms with E-state index in [0.29, 0.717) is 6.61 Å². The van der Waals surface area contributed by atoms with Gasteiger partial charge >= 0.3 is 6.09 Å². The van der Waals surface area contributed by atoms with E-state index in [0.717, 1.165) is 43.3 Å². The zero-order chi connectivity index (χ0) is 15.1. The van der Waals surface area contributed by atoms with Crippen LogP contribution in [0, 0.1) is 0 Å². The van der Waals surface area contributed by atoms with E-state index < -0.39 is 0 Å².